The van der Waals surface area contributed by atoms with Crippen molar-refractivity contribution < 1.29 is 23.8 Å². The third kappa shape index (κ3) is 3.18. The van der Waals surface area contributed by atoms with Crippen molar-refractivity contribution in [1.29, 1.82) is 5.26 Å². The zero-order chi connectivity index (χ0) is 17.7. The van der Waals surface area contributed by atoms with Gasteiger partial charge in [-0.25, -0.2) is 0 Å². The molecule has 1 aromatic carbocycles. The first-order valence-electron chi connectivity index (χ1n) is 7.54. The standard InChI is InChI=1S/C17H18N2O5/c1-3-22-16(20)14(17(21)23-4-2)13-10-7-5-6-8-12(10)24-15(19)11(13)9-18/h5-8,13-14H,3-4,19H2,1-2H3/t13-/m0/s1. The fourth-order valence-electron chi connectivity index (χ4n) is 2.62. The number of esters is 2. The lowest BCUT2D eigenvalue weighted by Gasteiger charge is -2.29. The zero-order valence-corrected chi connectivity index (χ0v) is 13.4. The Hall–Kier alpha value is -3.01. The van der Waals surface area contributed by atoms with E-state index in [2.05, 4.69) is 0 Å². The first-order chi connectivity index (χ1) is 11.5. The Morgan fingerprint density at radius 1 is 1.25 bits per heavy atom. The van der Waals surface area contributed by atoms with Crippen LogP contribution >= 0.6 is 0 Å². The van der Waals surface area contributed by atoms with Crippen LogP contribution in [0.2, 0.25) is 0 Å². The van der Waals surface area contributed by atoms with E-state index in [1.807, 2.05) is 6.07 Å². The highest BCUT2D eigenvalue weighted by atomic mass is 16.6. The van der Waals surface area contributed by atoms with Crippen LogP contribution in [-0.2, 0) is 19.1 Å². The Labute approximate surface area is 139 Å². The summed E-state index contributed by atoms with van der Waals surface area (Å²) >= 11 is 0. The molecule has 1 heterocycles. The number of hydrogen-bond acceptors (Lipinski definition) is 7. The highest BCUT2D eigenvalue weighted by Gasteiger charge is 2.44. The molecule has 0 bridgehead atoms. The maximum atomic E-state index is 12.4. The van der Waals surface area contributed by atoms with Gasteiger partial charge in [-0.1, -0.05) is 18.2 Å². The monoisotopic (exact) mass is 330 g/mol. The molecule has 126 valence electrons. The summed E-state index contributed by atoms with van der Waals surface area (Å²) in [6, 6.07) is 8.71. The number of fused-ring (bicyclic) bond motifs is 1. The van der Waals surface area contributed by atoms with E-state index in [0.29, 0.717) is 11.3 Å². The van der Waals surface area contributed by atoms with E-state index < -0.39 is 23.8 Å². The van der Waals surface area contributed by atoms with Gasteiger partial charge in [-0.05, 0) is 19.9 Å². The zero-order valence-electron chi connectivity index (χ0n) is 13.4. The molecule has 0 fully saturated rings. The van der Waals surface area contributed by atoms with Crippen molar-refractivity contribution in [3.05, 3.63) is 41.3 Å². The molecule has 0 radical (unpaired) electrons. The quantitative estimate of drug-likeness (QED) is 0.644. The molecular formula is C17H18N2O5. The second-order valence-corrected chi connectivity index (χ2v) is 4.99. The molecular weight excluding hydrogens is 312 g/mol. The number of nitriles is 1. The molecule has 0 saturated carbocycles. The van der Waals surface area contributed by atoms with E-state index in [9.17, 15) is 14.9 Å². The van der Waals surface area contributed by atoms with E-state index in [-0.39, 0.29) is 24.7 Å². The van der Waals surface area contributed by atoms with Gasteiger partial charge in [0.15, 0.2) is 5.92 Å². The van der Waals surface area contributed by atoms with Gasteiger partial charge in [-0.2, -0.15) is 5.26 Å². The average molecular weight is 330 g/mol. The number of rotatable bonds is 5. The topological polar surface area (TPSA) is 112 Å². The summed E-state index contributed by atoms with van der Waals surface area (Å²) in [5.74, 6) is -3.53. The van der Waals surface area contributed by atoms with E-state index in [0.717, 1.165) is 0 Å². The third-order valence-electron chi connectivity index (χ3n) is 3.59. The van der Waals surface area contributed by atoms with Crippen molar-refractivity contribution >= 4 is 11.9 Å². The lowest BCUT2D eigenvalue weighted by Crippen LogP contribution is -2.36. The van der Waals surface area contributed by atoms with Gasteiger partial charge in [0, 0.05) is 5.56 Å². The van der Waals surface area contributed by atoms with Crippen molar-refractivity contribution in [2.75, 3.05) is 13.2 Å². The molecule has 7 nitrogen and oxygen atoms in total. The molecule has 1 atom stereocenters. The molecule has 0 spiro atoms. The molecule has 1 aliphatic rings. The minimum Gasteiger partial charge on any atom is -0.465 e. The number of allylic oxidation sites excluding steroid dienone is 1. The van der Waals surface area contributed by atoms with E-state index in [4.69, 9.17) is 19.9 Å². The van der Waals surface area contributed by atoms with Gasteiger partial charge in [0.2, 0.25) is 5.88 Å². The van der Waals surface area contributed by atoms with Crippen LogP contribution in [0.1, 0.15) is 25.3 Å². The first-order valence-corrected chi connectivity index (χ1v) is 7.54. The second-order valence-electron chi connectivity index (χ2n) is 4.99. The Morgan fingerprint density at radius 2 is 1.83 bits per heavy atom. The Morgan fingerprint density at radius 3 is 2.38 bits per heavy atom. The van der Waals surface area contributed by atoms with Gasteiger partial charge < -0.3 is 19.9 Å². The molecule has 0 amide bonds. The van der Waals surface area contributed by atoms with Gasteiger partial charge in [-0.3, -0.25) is 9.59 Å². The predicted octanol–water partition coefficient (Wildman–Crippen LogP) is 1.60. The molecule has 1 aliphatic heterocycles. The second kappa shape index (κ2) is 7.51. The van der Waals surface area contributed by atoms with Gasteiger partial charge in [0.05, 0.1) is 24.7 Å². The van der Waals surface area contributed by atoms with Crippen LogP contribution in [0, 0.1) is 17.2 Å². The van der Waals surface area contributed by atoms with Crippen LogP contribution in [0.4, 0.5) is 0 Å². The summed E-state index contributed by atoms with van der Waals surface area (Å²) in [6.45, 7) is 3.46. The van der Waals surface area contributed by atoms with Crippen LogP contribution in [-0.4, -0.2) is 25.2 Å². The highest BCUT2D eigenvalue weighted by molar-refractivity contribution is 5.97. The number of hydrogen-bond donors (Lipinski definition) is 1. The van der Waals surface area contributed by atoms with E-state index in [1.165, 1.54) is 0 Å². The summed E-state index contributed by atoms with van der Waals surface area (Å²) in [6.07, 6.45) is 0. The van der Waals surface area contributed by atoms with Crippen LogP contribution < -0.4 is 10.5 Å². The third-order valence-corrected chi connectivity index (χ3v) is 3.59. The molecule has 2 rings (SSSR count). The normalized spacial score (nSPS) is 16.0. The van der Waals surface area contributed by atoms with Crippen molar-refractivity contribution in [1.82, 2.24) is 0 Å². The first kappa shape index (κ1) is 17.3. The van der Waals surface area contributed by atoms with Gasteiger partial charge in [0.25, 0.3) is 0 Å². The van der Waals surface area contributed by atoms with Crippen molar-refractivity contribution in [2.45, 2.75) is 19.8 Å². The fraction of sp³-hybridized carbons (Fsp3) is 0.353. The number of ether oxygens (including phenoxy) is 3. The Bertz CT molecular complexity index is 702. The number of nitrogens with two attached hydrogens (primary N) is 1. The van der Waals surface area contributed by atoms with E-state index in [1.54, 1.807) is 38.1 Å². The van der Waals surface area contributed by atoms with Crippen LogP contribution in [0.15, 0.2) is 35.7 Å². The average Bonchev–Trinajstić information content (AvgIpc) is 2.55. The van der Waals surface area contributed by atoms with Crippen molar-refractivity contribution in [3.63, 3.8) is 0 Å². The SMILES string of the molecule is CCOC(=O)C(C(=O)OCC)[C@@H]1C(C#N)=C(N)Oc2ccccc21. The molecule has 0 unspecified atom stereocenters. The smallest absolute Gasteiger partial charge is 0.321 e. The number of carbonyl (C=O) groups is 2. The maximum absolute atomic E-state index is 12.4. The lowest BCUT2D eigenvalue weighted by atomic mass is 9.79. The van der Waals surface area contributed by atoms with Crippen molar-refractivity contribution in [2.24, 2.45) is 11.7 Å². The van der Waals surface area contributed by atoms with Crippen LogP contribution in [0.5, 0.6) is 5.75 Å². The maximum Gasteiger partial charge on any atom is 0.321 e. The molecule has 0 aliphatic carbocycles. The Balaban J connectivity index is 2.59. The summed E-state index contributed by atoms with van der Waals surface area (Å²) < 4.78 is 15.5. The number of para-hydroxylation sites is 1. The minimum atomic E-state index is -1.33. The predicted molar refractivity (Wildman–Crippen MR) is 83.4 cm³/mol. The summed E-state index contributed by atoms with van der Waals surface area (Å²) in [5.41, 5.74) is 6.32. The largest absolute Gasteiger partial charge is 0.465 e. The van der Waals surface area contributed by atoms with Crippen LogP contribution in [0.25, 0.3) is 0 Å². The fourth-order valence-corrected chi connectivity index (χ4v) is 2.62. The molecule has 24 heavy (non-hydrogen) atoms. The van der Waals surface area contributed by atoms with E-state index >= 15 is 0 Å². The minimum absolute atomic E-state index is 0.000180. The summed E-state index contributed by atoms with van der Waals surface area (Å²) in [7, 11) is 0. The summed E-state index contributed by atoms with van der Waals surface area (Å²) in [4.78, 5) is 24.8. The highest BCUT2D eigenvalue weighted by Crippen LogP contribution is 2.42. The molecule has 2 N–H and O–H groups in total. The number of benzene rings is 1. The summed E-state index contributed by atoms with van der Waals surface area (Å²) in [5, 5.41) is 9.46. The van der Waals surface area contributed by atoms with Crippen molar-refractivity contribution in [3.8, 4) is 11.8 Å². The molecule has 0 saturated heterocycles. The van der Waals surface area contributed by atoms with Gasteiger partial charge >= 0.3 is 11.9 Å². The van der Waals surface area contributed by atoms with Crippen LogP contribution in [0.3, 0.4) is 0 Å². The lowest BCUT2D eigenvalue weighted by molar-refractivity contribution is -0.162. The van der Waals surface area contributed by atoms with Gasteiger partial charge in [0.1, 0.15) is 11.8 Å². The molecule has 1 aromatic rings. The molecule has 7 heteroatoms. The number of carbonyl (C=O) groups excluding carboxylic acids is 2. The number of nitrogens with zero attached hydrogens (tertiary/aromatic N) is 1. The van der Waals surface area contributed by atoms with Gasteiger partial charge in [-0.15, -0.1) is 0 Å². The molecule has 0 aromatic heterocycles. The Kier molecular flexibility index (Phi) is 5.42.